The zero-order chi connectivity index (χ0) is 23.5. The second kappa shape index (κ2) is 9.22. The zero-order valence-corrected chi connectivity index (χ0v) is 17.9. The number of hydrogen-bond acceptors (Lipinski definition) is 5. The average molecular weight is 446 g/mol. The fourth-order valence-electron chi connectivity index (χ4n) is 3.70. The minimum atomic E-state index is -1.28. The Balaban J connectivity index is 1.66. The standard InChI is InChI=1S/C25H23FN4O3/c1-30-21-9-5-3-7-18(21)22(17-6-2-4-8-19(17)26)28-23(25(30)33)29-24(32)20(27)14-15-10-12-16(31)13-11-15/h2-13,20,23,31H,14,27H2,1H3,(H,29,32)/t20-,23?/m1/s1. The number of likely N-dealkylation sites (N-methyl/N-ethyl adjacent to an activating group) is 1. The van der Waals surface area contributed by atoms with E-state index in [0.29, 0.717) is 11.3 Å². The third-order valence-electron chi connectivity index (χ3n) is 5.48. The van der Waals surface area contributed by atoms with E-state index in [1.54, 1.807) is 61.6 Å². The molecule has 1 aliphatic rings. The highest BCUT2D eigenvalue weighted by molar-refractivity contribution is 6.20. The van der Waals surface area contributed by atoms with Gasteiger partial charge in [0.2, 0.25) is 12.1 Å². The van der Waals surface area contributed by atoms with Gasteiger partial charge in [-0.1, -0.05) is 42.5 Å². The summed E-state index contributed by atoms with van der Waals surface area (Å²) in [6.45, 7) is 0. The molecule has 4 N–H and O–H groups in total. The van der Waals surface area contributed by atoms with Gasteiger partial charge in [0.05, 0.1) is 17.4 Å². The largest absolute Gasteiger partial charge is 0.508 e. The van der Waals surface area contributed by atoms with E-state index < -0.39 is 29.8 Å². The molecule has 1 aliphatic heterocycles. The van der Waals surface area contributed by atoms with Gasteiger partial charge in [-0.3, -0.25) is 9.59 Å². The number of benzodiazepines with no additional fused rings is 1. The van der Waals surface area contributed by atoms with Gasteiger partial charge < -0.3 is 21.1 Å². The SMILES string of the molecule is CN1C(=O)C(NC(=O)[C@H](N)Cc2ccc(O)cc2)N=C(c2ccccc2F)c2ccccc21. The van der Waals surface area contributed by atoms with Gasteiger partial charge in [0, 0.05) is 18.2 Å². The summed E-state index contributed by atoms with van der Waals surface area (Å²) in [6, 6.07) is 18.6. The quantitative estimate of drug-likeness (QED) is 0.559. The number of hydrogen-bond donors (Lipinski definition) is 3. The van der Waals surface area contributed by atoms with Gasteiger partial charge in [-0.05, 0) is 42.3 Å². The number of nitrogens with zero attached hydrogens (tertiary/aromatic N) is 2. The van der Waals surface area contributed by atoms with Crippen molar-refractivity contribution in [3.8, 4) is 5.75 Å². The first-order valence-corrected chi connectivity index (χ1v) is 10.4. The van der Waals surface area contributed by atoms with Crippen LogP contribution in [0.1, 0.15) is 16.7 Å². The van der Waals surface area contributed by atoms with Crippen LogP contribution in [0.2, 0.25) is 0 Å². The van der Waals surface area contributed by atoms with E-state index in [9.17, 15) is 19.1 Å². The van der Waals surface area contributed by atoms with Crippen LogP contribution in [-0.4, -0.2) is 41.9 Å². The number of carbonyl (C=O) groups excluding carboxylic acids is 2. The predicted molar refractivity (Wildman–Crippen MR) is 124 cm³/mol. The van der Waals surface area contributed by atoms with E-state index in [1.165, 1.54) is 23.1 Å². The Kier molecular flexibility index (Phi) is 6.19. The Morgan fingerprint density at radius 2 is 1.73 bits per heavy atom. The molecular weight excluding hydrogens is 423 g/mol. The first-order valence-electron chi connectivity index (χ1n) is 10.4. The molecule has 0 spiro atoms. The molecule has 0 bridgehead atoms. The molecule has 168 valence electrons. The molecule has 33 heavy (non-hydrogen) atoms. The Morgan fingerprint density at radius 3 is 2.42 bits per heavy atom. The maximum absolute atomic E-state index is 14.7. The van der Waals surface area contributed by atoms with Crippen LogP contribution in [0.5, 0.6) is 5.75 Å². The summed E-state index contributed by atoms with van der Waals surface area (Å²) in [4.78, 5) is 31.9. The Hall–Kier alpha value is -4.04. The summed E-state index contributed by atoms with van der Waals surface area (Å²) < 4.78 is 14.7. The molecule has 1 heterocycles. The number of anilines is 1. The van der Waals surface area contributed by atoms with Gasteiger partial charge in [0.25, 0.3) is 5.91 Å². The van der Waals surface area contributed by atoms with Gasteiger partial charge in [-0.25, -0.2) is 9.38 Å². The summed E-state index contributed by atoms with van der Waals surface area (Å²) in [5.74, 6) is -1.42. The summed E-state index contributed by atoms with van der Waals surface area (Å²) in [5, 5.41) is 12.0. The van der Waals surface area contributed by atoms with Gasteiger partial charge in [0.15, 0.2) is 0 Å². The highest BCUT2D eigenvalue weighted by Crippen LogP contribution is 2.28. The number of aliphatic imine (C=N–C) groups is 1. The molecule has 4 rings (SSSR count). The number of nitrogens with one attached hydrogen (secondary N) is 1. The minimum Gasteiger partial charge on any atom is -0.508 e. The normalized spacial score (nSPS) is 16.5. The fraction of sp³-hybridized carbons (Fsp3) is 0.160. The van der Waals surface area contributed by atoms with Crippen molar-refractivity contribution in [1.82, 2.24) is 5.32 Å². The van der Waals surface area contributed by atoms with E-state index in [2.05, 4.69) is 10.3 Å². The highest BCUT2D eigenvalue weighted by atomic mass is 19.1. The number of rotatable bonds is 5. The molecule has 8 heteroatoms. The average Bonchev–Trinajstić information content (AvgIpc) is 2.91. The van der Waals surface area contributed by atoms with Crippen LogP contribution in [0.25, 0.3) is 0 Å². The lowest BCUT2D eigenvalue weighted by Gasteiger charge is -2.22. The summed E-state index contributed by atoms with van der Waals surface area (Å²) in [6.07, 6.45) is -1.08. The zero-order valence-electron chi connectivity index (χ0n) is 17.9. The number of carbonyl (C=O) groups is 2. The molecule has 0 fully saturated rings. The number of para-hydroxylation sites is 1. The maximum Gasteiger partial charge on any atom is 0.272 e. The van der Waals surface area contributed by atoms with Crippen molar-refractivity contribution in [3.05, 3.63) is 95.3 Å². The third-order valence-corrected chi connectivity index (χ3v) is 5.48. The van der Waals surface area contributed by atoms with Crippen molar-refractivity contribution in [2.75, 3.05) is 11.9 Å². The molecule has 0 aliphatic carbocycles. The predicted octanol–water partition coefficient (Wildman–Crippen LogP) is 2.36. The van der Waals surface area contributed by atoms with Crippen molar-refractivity contribution in [2.24, 2.45) is 10.7 Å². The summed E-state index contributed by atoms with van der Waals surface area (Å²) >= 11 is 0. The molecule has 2 amide bonds. The van der Waals surface area contributed by atoms with Crippen LogP contribution in [-0.2, 0) is 16.0 Å². The lowest BCUT2D eigenvalue weighted by atomic mass is 10.00. The van der Waals surface area contributed by atoms with Gasteiger partial charge in [-0.15, -0.1) is 0 Å². The van der Waals surface area contributed by atoms with E-state index >= 15 is 0 Å². The minimum absolute atomic E-state index is 0.110. The second-order valence-electron chi connectivity index (χ2n) is 7.76. The molecule has 2 atom stereocenters. The molecule has 7 nitrogen and oxygen atoms in total. The van der Waals surface area contributed by atoms with E-state index in [1.807, 2.05) is 0 Å². The molecule has 0 saturated heterocycles. The van der Waals surface area contributed by atoms with Crippen LogP contribution in [0.15, 0.2) is 77.8 Å². The second-order valence-corrected chi connectivity index (χ2v) is 7.76. The van der Waals surface area contributed by atoms with Gasteiger partial charge in [0.1, 0.15) is 11.6 Å². The lowest BCUT2D eigenvalue weighted by Crippen LogP contribution is -2.51. The first-order chi connectivity index (χ1) is 15.8. The molecule has 1 unspecified atom stereocenters. The number of amides is 2. The van der Waals surface area contributed by atoms with Crippen molar-refractivity contribution in [2.45, 2.75) is 18.6 Å². The third kappa shape index (κ3) is 4.61. The highest BCUT2D eigenvalue weighted by Gasteiger charge is 2.32. The Morgan fingerprint density at radius 1 is 1.09 bits per heavy atom. The van der Waals surface area contributed by atoms with Gasteiger partial charge in [-0.2, -0.15) is 0 Å². The van der Waals surface area contributed by atoms with E-state index in [4.69, 9.17) is 5.73 Å². The van der Waals surface area contributed by atoms with Crippen LogP contribution in [0.3, 0.4) is 0 Å². The summed E-state index contributed by atoms with van der Waals surface area (Å²) in [5.41, 5.74) is 8.43. The summed E-state index contributed by atoms with van der Waals surface area (Å²) in [7, 11) is 1.58. The molecule has 0 saturated carbocycles. The topological polar surface area (TPSA) is 108 Å². The molecular formula is C25H23FN4O3. The number of fused-ring (bicyclic) bond motifs is 1. The number of phenols is 1. The van der Waals surface area contributed by atoms with Crippen LogP contribution in [0, 0.1) is 5.82 Å². The van der Waals surface area contributed by atoms with Crippen LogP contribution in [0.4, 0.5) is 10.1 Å². The molecule has 3 aromatic rings. The van der Waals surface area contributed by atoms with Crippen molar-refractivity contribution < 1.29 is 19.1 Å². The lowest BCUT2D eigenvalue weighted by molar-refractivity contribution is -0.128. The smallest absolute Gasteiger partial charge is 0.272 e. The first kappa shape index (κ1) is 22.2. The van der Waals surface area contributed by atoms with Gasteiger partial charge >= 0.3 is 0 Å². The van der Waals surface area contributed by atoms with E-state index in [-0.39, 0.29) is 23.4 Å². The molecule has 0 aromatic heterocycles. The maximum atomic E-state index is 14.7. The van der Waals surface area contributed by atoms with E-state index in [0.717, 1.165) is 5.56 Å². The van der Waals surface area contributed by atoms with Crippen molar-refractivity contribution in [1.29, 1.82) is 0 Å². The Labute approximate surface area is 190 Å². The van der Waals surface area contributed by atoms with Crippen molar-refractivity contribution >= 4 is 23.2 Å². The van der Waals surface area contributed by atoms with Crippen molar-refractivity contribution in [3.63, 3.8) is 0 Å². The van der Waals surface area contributed by atoms with Crippen LogP contribution >= 0.6 is 0 Å². The molecule has 0 radical (unpaired) electrons. The molecule has 3 aromatic carbocycles. The monoisotopic (exact) mass is 446 g/mol. The fourth-order valence-corrected chi connectivity index (χ4v) is 3.70. The number of nitrogens with two attached hydrogens (primary N) is 1. The number of benzene rings is 3. The number of phenolic OH excluding ortho intramolecular Hbond substituents is 1. The Bertz CT molecular complexity index is 1230. The van der Waals surface area contributed by atoms with Crippen LogP contribution < -0.4 is 16.0 Å². The number of aromatic hydroxyl groups is 1. The number of halogens is 1.